The van der Waals surface area contributed by atoms with Gasteiger partial charge in [0.25, 0.3) is 5.56 Å². The van der Waals surface area contributed by atoms with Crippen LogP contribution in [0.2, 0.25) is 0 Å². The molecule has 1 aliphatic rings. The molecule has 0 spiro atoms. The van der Waals surface area contributed by atoms with Crippen molar-refractivity contribution in [2.75, 3.05) is 6.54 Å². The van der Waals surface area contributed by atoms with Crippen molar-refractivity contribution in [3.63, 3.8) is 0 Å². The summed E-state index contributed by atoms with van der Waals surface area (Å²) in [6.45, 7) is 2.48. The highest BCUT2D eigenvalue weighted by atomic mass is 79.9. The lowest BCUT2D eigenvalue weighted by molar-refractivity contribution is 0.237. The van der Waals surface area contributed by atoms with E-state index in [0.29, 0.717) is 13.0 Å². The van der Waals surface area contributed by atoms with Crippen LogP contribution in [0.1, 0.15) is 22.4 Å². The third-order valence-corrected chi connectivity index (χ3v) is 5.79. The van der Waals surface area contributed by atoms with Crippen LogP contribution in [0, 0.1) is 0 Å². The smallest absolute Gasteiger partial charge is 0.300 e. The minimum absolute atomic E-state index is 0.171. The lowest BCUT2D eigenvalue weighted by Crippen LogP contribution is -2.47. The van der Waals surface area contributed by atoms with Gasteiger partial charge in [-0.05, 0) is 23.3 Å². The number of fused-ring (bicyclic) bond motifs is 1. The summed E-state index contributed by atoms with van der Waals surface area (Å²) in [5.41, 5.74) is 3.33. The van der Waals surface area contributed by atoms with Crippen molar-refractivity contribution in [2.24, 2.45) is 7.05 Å². The Kier molecular flexibility index (Phi) is 5.33. The molecule has 2 heterocycles. The summed E-state index contributed by atoms with van der Waals surface area (Å²) in [6.07, 6.45) is 0.709. The van der Waals surface area contributed by atoms with E-state index in [1.807, 2.05) is 42.5 Å². The van der Waals surface area contributed by atoms with Crippen molar-refractivity contribution >= 4 is 15.9 Å². The Balaban J connectivity index is 1.68. The van der Waals surface area contributed by atoms with Gasteiger partial charge < -0.3 is 4.57 Å². The number of hydrogen-bond acceptors (Lipinski definition) is 3. The molecule has 0 atom stereocenters. The van der Waals surface area contributed by atoms with Crippen LogP contribution in [0.3, 0.4) is 0 Å². The predicted molar refractivity (Wildman–Crippen MR) is 113 cm³/mol. The highest BCUT2D eigenvalue weighted by molar-refractivity contribution is 9.10. The van der Waals surface area contributed by atoms with Crippen molar-refractivity contribution in [3.05, 3.63) is 102 Å². The number of rotatable bonds is 4. The van der Waals surface area contributed by atoms with E-state index < -0.39 is 0 Å². The maximum atomic E-state index is 13.2. The van der Waals surface area contributed by atoms with E-state index in [9.17, 15) is 9.59 Å². The van der Waals surface area contributed by atoms with Crippen LogP contribution in [-0.2, 0) is 33.1 Å². The fourth-order valence-electron chi connectivity index (χ4n) is 3.85. The first-order valence-corrected chi connectivity index (χ1v) is 10.1. The van der Waals surface area contributed by atoms with Gasteiger partial charge in [0.15, 0.2) is 0 Å². The van der Waals surface area contributed by atoms with Crippen LogP contribution >= 0.6 is 15.9 Å². The molecule has 28 heavy (non-hydrogen) atoms. The van der Waals surface area contributed by atoms with Crippen molar-refractivity contribution in [2.45, 2.75) is 26.1 Å². The first kappa shape index (κ1) is 18.9. The Labute approximate surface area is 172 Å². The molecular formula is C22H22BrN3O2. The minimum atomic E-state index is -0.250. The molecule has 0 saturated heterocycles. The van der Waals surface area contributed by atoms with Gasteiger partial charge in [-0.3, -0.25) is 14.3 Å². The second kappa shape index (κ2) is 7.89. The molecule has 6 heteroatoms. The van der Waals surface area contributed by atoms with E-state index in [0.717, 1.165) is 34.4 Å². The van der Waals surface area contributed by atoms with Gasteiger partial charge in [-0.15, -0.1) is 0 Å². The van der Waals surface area contributed by atoms with Crippen molar-refractivity contribution < 1.29 is 0 Å². The number of benzene rings is 2. The van der Waals surface area contributed by atoms with Crippen molar-refractivity contribution in [1.82, 2.24) is 14.0 Å². The predicted octanol–water partition coefficient (Wildman–Crippen LogP) is 2.92. The molecule has 0 aliphatic carbocycles. The largest absolute Gasteiger partial charge is 0.331 e. The number of hydrogen-bond donors (Lipinski definition) is 0. The van der Waals surface area contributed by atoms with Crippen LogP contribution in [0.15, 0.2) is 68.7 Å². The van der Waals surface area contributed by atoms with Crippen molar-refractivity contribution in [1.29, 1.82) is 0 Å². The maximum Gasteiger partial charge on any atom is 0.331 e. The van der Waals surface area contributed by atoms with Crippen LogP contribution in [0.5, 0.6) is 0 Å². The van der Waals surface area contributed by atoms with Gasteiger partial charge in [-0.1, -0.05) is 58.4 Å². The van der Waals surface area contributed by atoms with Crippen LogP contribution in [0.4, 0.5) is 0 Å². The lowest BCUT2D eigenvalue weighted by Gasteiger charge is -2.30. The molecule has 0 saturated carbocycles. The SMILES string of the molecule is Cn1c2c(c(=O)n(Cc3cccc(Br)c3)c1=O)CN(Cc1ccccc1)CC2. The first-order chi connectivity index (χ1) is 13.5. The van der Waals surface area contributed by atoms with E-state index in [-0.39, 0.29) is 17.8 Å². The molecule has 0 radical (unpaired) electrons. The van der Waals surface area contributed by atoms with Crippen LogP contribution < -0.4 is 11.2 Å². The molecule has 4 rings (SSSR count). The average Bonchev–Trinajstić information content (AvgIpc) is 2.70. The first-order valence-electron chi connectivity index (χ1n) is 9.35. The summed E-state index contributed by atoms with van der Waals surface area (Å²) in [5.74, 6) is 0. The Hall–Kier alpha value is -2.44. The molecule has 0 N–H and O–H groups in total. The topological polar surface area (TPSA) is 47.2 Å². The molecule has 5 nitrogen and oxygen atoms in total. The van der Waals surface area contributed by atoms with E-state index in [4.69, 9.17) is 0 Å². The van der Waals surface area contributed by atoms with Crippen LogP contribution in [-0.4, -0.2) is 20.6 Å². The van der Waals surface area contributed by atoms with Gasteiger partial charge in [0.2, 0.25) is 0 Å². The van der Waals surface area contributed by atoms with E-state index in [1.165, 1.54) is 10.1 Å². The molecular weight excluding hydrogens is 418 g/mol. The quantitative estimate of drug-likeness (QED) is 0.627. The number of halogens is 1. The number of nitrogens with zero attached hydrogens (tertiary/aromatic N) is 3. The molecule has 1 aliphatic heterocycles. The lowest BCUT2D eigenvalue weighted by atomic mass is 10.1. The standard InChI is InChI=1S/C22H22BrN3O2/c1-24-20-10-11-25(13-16-6-3-2-4-7-16)15-19(20)21(27)26(22(24)28)14-17-8-5-9-18(23)12-17/h2-9,12H,10-11,13-15H2,1H3. The summed E-state index contributed by atoms with van der Waals surface area (Å²) in [4.78, 5) is 28.3. The fourth-order valence-corrected chi connectivity index (χ4v) is 4.30. The fraction of sp³-hybridized carbons (Fsp3) is 0.273. The zero-order valence-electron chi connectivity index (χ0n) is 15.8. The van der Waals surface area contributed by atoms with Crippen LogP contribution in [0.25, 0.3) is 0 Å². The molecule has 0 unspecified atom stereocenters. The molecule has 0 bridgehead atoms. The van der Waals surface area contributed by atoms with Gasteiger partial charge in [0, 0.05) is 43.3 Å². The summed E-state index contributed by atoms with van der Waals surface area (Å²) in [5, 5.41) is 0. The molecule has 144 valence electrons. The van der Waals surface area contributed by atoms with Gasteiger partial charge in [-0.2, -0.15) is 0 Å². The summed E-state index contributed by atoms with van der Waals surface area (Å²) in [6, 6.07) is 18.0. The normalized spacial score (nSPS) is 14.1. The van der Waals surface area contributed by atoms with Crippen molar-refractivity contribution in [3.8, 4) is 0 Å². The second-order valence-electron chi connectivity index (χ2n) is 7.23. The monoisotopic (exact) mass is 439 g/mol. The highest BCUT2D eigenvalue weighted by Crippen LogP contribution is 2.17. The zero-order valence-corrected chi connectivity index (χ0v) is 17.4. The van der Waals surface area contributed by atoms with Gasteiger partial charge >= 0.3 is 5.69 Å². The van der Waals surface area contributed by atoms with Gasteiger partial charge in [0.1, 0.15) is 0 Å². The summed E-state index contributed by atoms with van der Waals surface area (Å²) < 4.78 is 3.93. The van der Waals surface area contributed by atoms with E-state index in [1.54, 1.807) is 11.6 Å². The molecule has 2 aromatic carbocycles. The maximum absolute atomic E-state index is 13.2. The molecule has 0 fully saturated rings. The summed E-state index contributed by atoms with van der Waals surface area (Å²) >= 11 is 3.45. The van der Waals surface area contributed by atoms with E-state index in [2.05, 4.69) is 33.0 Å². The highest BCUT2D eigenvalue weighted by Gasteiger charge is 2.24. The Morgan fingerprint density at radius 2 is 1.71 bits per heavy atom. The average molecular weight is 440 g/mol. The molecule has 0 amide bonds. The Bertz CT molecular complexity index is 1120. The second-order valence-corrected chi connectivity index (χ2v) is 8.15. The summed E-state index contributed by atoms with van der Waals surface area (Å²) in [7, 11) is 1.77. The zero-order chi connectivity index (χ0) is 19.7. The van der Waals surface area contributed by atoms with Gasteiger partial charge in [0.05, 0.1) is 12.1 Å². The van der Waals surface area contributed by atoms with E-state index >= 15 is 0 Å². The Morgan fingerprint density at radius 1 is 0.964 bits per heavy atom. The molecule has 3 aromatic rings. The number of aromatic nitrogens is 2. The van der Waals surface area contributed by atoms with Gasteiger partial charge in [-0.25, -0.2) is 4.79 Å². The third-order valence-electron chi connectivity index (χ3n) is 5.30. The minimum Gasteiger partial charge on any atom is -0.300 e. The molecule has 1 aromatic heterocycles. The third kappa shape index (κ3) is 3.75. The Morgan fingerprint density at radius 3 is 2.46 bits per heavy atom.